The summed E-state index contributed by atoms with van der Waals surface area (Å²) in [6, 6.07) is 10.4. The largest absolute Gasteiger partial charge is 0.478 e. The molecule has 6 nitrogen and oxygen atoms in total. The maximum absolute atomic E-state index is 12.1. The number of ether oxygens (including phenoxy) is 2. The number of nitrogens with zero attached hydrogens (tertiary/aromatic N) is 1. The summed E-state index contributed by atoms with van der Waals surface area (Å²) in [4.78, 5) is 23.4. The Morgan fingerprint density at radius 1 is 1.13 bits per heavy atom. The van der Waals surface area contributed by atoms with Crippen LogP contribution >= 0.6 is 11.6 Å². The Bertz CT molecular complexity index is 1150. The molecule has 0 spiro atoms. The lowest BCUT2D eigenvalue weighted by molar-refractivity contribution is -0.150. The number of carbonyl (C=O) groups is 2. The van der Waals surface area contributed by atoms with Gasteiger partial charge in [-0.3, -0.25) is 0 Å². The second-order valence-corrected chi connectivity index (χ2v) is 8.30. The molecule has 3 rings (SSSR count). The molecule has 0 saturated heterocycles. The van der Waals surface area contributed by atoms with Gasteiger partial charge in [0, 0.05) is 34.1 Å². The second kappa shape index (κ2) is 9.02. The molecule has 1 heterocycles. The fourth-order valence-electron chi connectivity index (χ4n) is 3.62. The van der Waals surface area contributed by atoms with Crippen molar-refractivity contribution in [1.29, 1.82) is 0 Å². The van der Waals surface area contributed by atoms with Crippen LogP contribution in [0.5, 0.6) is 5.75 Å². The number of rotatable bonds is 7. The molecule has 2 aromatic carbocycles. The van der Waals surface area contributed by atoms with Crippen molar-refractivity contribution < 1.29 is 24.2 Å². The second-order valence-electron chi connectivity index (χ2n) is 7.89. The normalized spacial score (nSPS) is 12.2. The summed E-state index contributed by atoms with van der Waals surface area (Å²) in [5, 5.41) is 10.8. The minimum atomic E-state index is -0.954. The average Bonchev–Trinajstić information content (AvgIpc) is 2.97. The molecule has 0 unspecified atom stereocenters. The molecular weight excluding hydrogens is 418 g/mol. The van der Waals surface area contributed by atoms with Crippen LogP contribution < -0.4 is 4.74 Å². The van der Waals surface area contributed by atoms with Crippen LogP contribution in [0.4, 0.5) is 0 Å². The average molecular weight is 444 g/mol. The van der Waals surface area contributed by atoms with E-state index in [0.29, 0.717) is 17.3 Å². The van der Waals surface area contributed by atoms with Gasteiger partial charge in [-0.2, -0.15) is 0 Å². The number of carboxylic acid groups (broad SMARTS) is 1. The molecule has 7 heteroatoms. The monoisotopic (exact) mass is 443 g/mol. The summed E-state index contributed by atoms with van der Waals surface area (Å²) in [6.07, 6.45) is -0.718. The number of methoxy groups -OCH3 is 1. The number of esters is 1. The van der Waals surface area contributed by atoms with E-state index in [-0.39, 0.29) is 11.5 Å². The minimum Gasteiger partial charge on any atom is -0.478 e. The van der Waals surface area contributed by atoms with Crippen molar-refractivity contribution in [1.82, 2.24) is 4.57 Å². The van der Waals surface area contributed by atoms with Gasteiger partial charge in [-0.25, -0.2) is 9.59 Å². The first-order chi connectivity index (χ1) is 14.6. The van der Waals surface area contributed by atoms with Crippen molar-refractivity contribution in [3.8, 4) is 5.75 Å². The molecule has 0 aliphatic heterocycles. The van der Waals surface area contributed by atoms with E-state index in [4.69, 9.17) is 21.1 Å². The first-order valence-corrected chi connectivity index (χ1v) is 10.4. The highest BCUT2D eigenvalue weighted by Gasteiger charge is 2.25. The molecular formula is C24H26ClNO5. The van der Waals surface area contributed by atoms with Gasteiger partial charge in [-0.15, -0.1) is 0 Å². The van der Waals surface area contributed by atoms with Gasteiger partial charge in [0.05, 0.1) is 12.7 Å². The summed E-state index contributed by atoms with van der Waals surface area (Å²) < 4.78 is 12.9. The fraction of sp³-hybridized carbons (Fsp3) is 0.333. The van der Waals surface area contributed by atoms with Crippen LogP contribution in [0.3, 0.4) is 0 Å². The van der Waals surface area contributed by atoms with E-state index in [9.17, 15) is 14.7 Å². The highest BCUT2D eigenvalue weighted by molar-refractivity contribution is 6.31. The predicted molar refractivity (Wildman–Crippen MR) is 120 cm³/mol. The van der Waals surface area contributed by atoms with Crippen LogP contribution in [0.2, 0.25) is 5.02 Å². The van der Waals surface area contributed by atoms with E-state index in [1.54, 1.807) is 24.3 Å². The quantitative estimate of drug-likeness (QED) is 0.505. The smallest absolute Gasteiger partial charge is 0.347 e. The maximum atomic E-state index is 12.1. The lowest BCUT2D eigenvalue weighted by Crippen LogP contribution is -2.33. The van der Waals surface area contributed by atoms with Crippen LogP contribution in [0.15, 0.2) is 36.4 Å². The van der Waals surface area contributed by atoms with E-state index in [0.717, 1.165) is 27.7 Å². The Hall–Kier alpha value is -2.99. The third kappa shape index (κ3) is 4.54. The molecule has 1 atom stereocenters. The molecule has 164 valence electrons. The van der Waals surface area contributed by atoms with Gasteiger partial charge in [0.25, 0.3) is 0 Å². The van der Waals surface area contributed by atoms with Gasteiger partial charge in [-0.05, 0) is 61.4 Å². The van der Waals surface area contributed by atoms with Crippen LogP contribution in [0, 0.1) is 19.8 Å². The van der Waals surface area contributed by atoms with Crippen LogP contribution in [0.25, 0.3) is 10.9 Å². The van der Waals surface area contributed by atoms with Crippen molar-refractivity contribution >= 4 is 34.4 Å². The molecule has 3 aromatic rings. The number of aromatic nitrogens is 1. The number of aryl methyl sites for hydroxylation is 1. The molecule has 0 aliphatic carbocycles. The van der Waals surface area contributed by atoms with Crippen molar-refractivity contribution in [2.75, 3.05) is 7.11 Å². The zero-order chi connectivity index (χ0) is 22.9. The number of benzene rings is 2. The van der Waals surface area contributed by atoms with E-state index >= 15 is 0 Å². The third-order valence-electron chi connectivity index (χ3n) is 5.53. The number of halogens is 1. The highest BCUT2D eigenvalue weighted by atomic mass is 35.5. The number of hydrogen-bond donors (Lipinski definition) is 1. The standard InChI is InChI=1S/C24H26ClNO5/c1-13(2)22(24(29)30-5)31-18-7-8-20(25)17(10-18)12-26-15(4)14(3)19-11-16(23(27)28)6-9-21(19)26/h6-11,13,22H,12H2,1-5H3,(H,27,28)/t22-/m1/s1. The lowest BCUT2D eigenvalue weighted by atomic mass is 10.1. The van der Waals surface area contributed by atoms with Gasteiger partial charge in [0.2, 0.25) is 0 Å². The van der Waals surface area contributed by atoms with Crippen LogP contribution in [-0.4, -0.2) is 34.8 Å². The third-order valence-corrected chi connectivity index (χ3v) is 5.90. The molecule has 0 radical (unpaired) electrons. The molecule has 0 aliphatic rings. The first-order valence-electron chi connectivity index (χ1n) is 9.99. The maximum Gasteiger partial charge on any atom is 0.347 e. The van der Waals surface area contributed by atoms with Crippen molar-refractivity contribution in [3.63, 3.8) is 0 Å². The van der Waals surface area contributed by atoms with E-state index < -0.39 is 18.0 Å². The van der Waals surface area contributed by atoms with Crippen molar-refractivity contribution in [2.45, 2.75) is 40.3 Å². The SMILES string of the molecule is COC(=O)[C@H](Oc1ccc(Cl)c(Cn2c(C)c(C)c3cc(C(=O)O)ccc32)c1)C(C)C. The lowest BCUT2D eigenvalue weighted by Gasteiger charge is -2.21. The number of carboxylic acids is 1. The number of carbonyl (C=O) groups excluding carboxylic acids is 1. The summed E-state index contributed by atoms with van der Waals surface area (Å²) in [6.45, 7) is 8.23. The molecule has 0 saturated carbocycles. The van der Waals surface area contributed by atoms with E-state index in [1.807, 2.05) is 39.8 Å². The summed E-state index contributed by atoms with van der Waals surface area (Å²) in [5.74, 6) is -0.913. The van der Waals surface area contributed by atoms with Crippen molar-refractivity contribution in [2.24, 2.45) is 5.92 Å². The minimum absolute atomic E-state index is 0.0618. The zero-order valence-electron chi connectivity index (χ0n) is 18.2. The topological polar surface area (TPSA) is 77.8 Å². The molecule has 31 heavy (non-hydrogen) atoms. The van der Waals surface area contributed by atoms with E-state index in [2.05, 4.69) is 4.57 Å². The predicted octanol–water partition coefficient (Wildman–Crippen LogP) is 5.23. The summed E-state index contributed by atoms with van der Waals surface area (Å²) in [7, 11) is 1.34. The van der Waals surface area contributed by atoms with Crippen molar-refractivity contribution in [3.05, 3.63) is 63.8 Å². The van der Waals surface area contributed by atoms with Gasteiger partial charge in [-0.1, -0.05) is 25.4 Å². The van der Waals surface area contributed by atoms with Crippen LogP contribution in [-0.2, 0) is 16.1 Å². The molecule has 0 fully saturated rings. The Morgan fingerprint density at radius 3 is 2.45 bits per heavy atom. The molecule has 0 amide bonds. The number of aromatic carboxylic acids is 1. The Morgan fingerprint density at radius 2 is 1.84 bits per heavy atom. The summed E-state index contributed by atoms with van der Waals surface area (Å²) in [5.41, 5.74) is 4.05. The Balaban J connectivity index is 1.99. The Labute approximate surface area is 186 Å². The first kappa shape index (κ1) is 22.7. The zero-order valence-corrected chi connectivity index (χ0v) is 19.0. The Kier molecular flexibility index (Phi) is 6.60. The number of fused-ring (bicyclic) bond motifs is 1. The molecule has 1 aromatic heterocycles. The molecule has 0 bridgehead atoms. The van der Waals surface area contributed by atoms with E-state index in [1.165, 1.54) is 7.11 Å². The fourth-order valence-corrected chi connectivity index (χ4v) is 3.80. The number of hydrogen-bond acceptors (Lipinski definition) is 4. The van der Waals surface area contributed by atoms with Gasteiger partial charge in [0.15, 0.2) is 6.10 Å². The van der Waals surface area contributed by atoms with Crippen LogP contribution in [0.1, 0.15) is 41.0 Å². The summed E-state index contributed by atoms with van der Waals surface area (Å²) >= 11 is 6.47. The van der Waals surface area contributed by atoms with Gasteiger partial charge >= 0.3 is 11.9 Å². The van der Waals surface area contributed by atoms with Gasteiger partial charge < -0.3 is 19.1 Å². The highest BCUT2D eigenvalue weighted by Crippen LogP contribution is 2.30. The molecule has 1 N–H and O–H groups in total. The van der Waals surface area contributed by atoms with Gasteiger partial charge in [0.1, 0.15) is 5.75 Å².